The van der Waals surface area contributed by atoms with E-state index in [0.29, 0.717) is 17.7 Å². The first kappa shape index (κ1) is 22.6. The summed E-state index contributed by atoms with van der Waals surface area (Å²) < 4.78 is 10.8. The first-order valence-electron chi connectivity index (χ1n) is 10.4. The summed E-state index contributed by atoms with van der Waals surface area (Å²) in [7, 11) is 1.52. The first-order valence-corrected chi connectivity index (χ1v) is 10.4. The summed E-state index contributed by atoms with van der Waals surface area (Å²) in [5.41, 5.74) is 1.77. The van der Waals surface area contributed by atoms with E-state index in [1.54, 1.807) is 18.2 Å². The average molecular weight is 401 g/mol. The van der Waals surface area contributed by atoms with Gasteiger partial charge in [0, 0.05) is 12.1 Å². The van der Waals surface area contributed by atoms with Crippen LogP contribution in [-0.2, 0) is 12.8 Å². The number of benzene rings is 2. The summed E-state index contributed by atoms with van der Waals surface area (Å²) in [6.45, 7) is 4.24. The molecule has 2 aromatic rings. The third kappa shape index (κ3) is 6.70. The Balaban J connectivity index is 2.25. The zero-order valence-electron chi connectivity index (χ0n) is 17.7. The van der Waals surface area contributed by atoms with Crippen molar-refractivity contribution < 1.29 is 24.5 Å². The molecule has 0 aliphatic rings. The fourth-order valence-electron chi connectivity index (χ4n) is 3.36. The maximum absolute atomic E-state index is 12.9. The lowest BCUT2D eigenvalue weighted by molar-refractivity contribution is 0.0730. The quantitative estimate of drug-likeness (QED) is 0.284. The molecule has 0 bridgehead atoms. The maximum atomic E-state index is 12.9. The highest BCUT2D eigenvalue weighted by molar-refractivity contribution is 5.96. The van der Waals surface area contributed by atoms with Crippen molar-refractivity contribution in [2.45, 2.75) is 65.2 Å². The highest BCUT2D eigenvalue weighted by Crippen LogP contribution is 2.31. The van der Waals surface area contributed by atoms with Crippen molar-refractivity contribution in [3.63, 3.8) is 0 Å². The molecule has 0 heterocycles. The largest absolute Gasteiger partial charge is 0.508 e. The van der Waals surface area contributed by atoms with Gasteiger partial charge in [0.1, 0.15) is 28.6 Å². The van der Waals surface area contributed by atoms with Crippen molar-refractivity contribution in [1.82, 2.24) is 0 Å². The lowest BCUT2D eigenvalue weighted by Crippen LogP contribution is -2.12. The van der Waals surface area contributed by atoms with Gasteiger partial charge in [-0.05, 0) is 55.0 Å². The predicted molar refractivity (Wildman–Crippen MR) is 114 cm³/mol. The fourth-order valence-corrected chi connectivity index (χ4v) is 3.36. The minimum absolute atomic E-state index is 0.0592. The Kier molecular flexibility index (Phi) is 8.84. The number of carbonyl (C=O) groups is 1. The second-order valence-corrected chi connectivity index (χ2v) is 7.32. The lowest BCUT2D eigenvalue weighted by Gasteiger charge is -2.14. The van der Waals surface area contributed by atoms with Crippen LogP contribution in [0.2, 0.25) is 0 Å². The van der Waals surface area contributed by atoms with Crippen molar-refractivity contribution >= 4 is 5.97 Å². The molecule has 158 valence electrons. The highest BCUT2D eigenvalue weighted by atomic mass is 16.5. The highest BCUT2D eigenvalue weighted by Gasteiger charge is 2.20. The summed E-state index contributed by atoms with van der Waals surface area (Å²) in [4.78, 5) is 12.9. The zero-order valence-corrected chi connectivity index (χ0v) is 17.7. The van der Waals surface area contributed by atoms with Crippen molar-refractivity contribution in [3.05, 3.63) is 47.0 Å². The normalized spacial score (nSPS) is 10.7. The van der Waals surface area contributed by atoms with Crippen LogP contribution in [0.3, 0.4) is 0 Å². The minimum atomic E-state index is -0.637. The van der Waals surface area contributed by atoms with E-state index in [-0.39, 0.29) is 22.8 Å². The summed E-state index contributed by atoms with van der Waals surface area (Å²) in [5, 5.41) is 20.4. The van der Waals surface area contributed by atoms with Crippen molar-refractivity contribution in [2.75, 3.05) is 7.11 Å². The summed E-state index contributed by atoms with van der Waals surface area (Å²) in [6.07, 6.45) is 7.66. The molecule has 2 aromatic carbocycles. The van der Waals surface area contributed by atoms with Gasteiger partial charge >= 0.3 is 5.97 Å². The molecule has 0 unspecified atom stereocenters. The van der Waals surface area contributed by atoms with Crippen molar-refractivity contribution in [3.8, 4) is 23.0 Å². The van der Waals surface area contributed by atoms with Gasteiger partial charge in [0.2, 0.25) is 0 Å². The van der Waals surface area contributed by atoms with E-state index >= 15 is 0 Å². The first-order chi connectivity index (χ1) is 14.0. The van der Waals surface area contributed by atoms with Gasteiger partial charge in [0.05, 0.1) is 7.11 Å². The van der Waals surface area contributed by atoms with Crippen LogP contribution in [0.4, 0.5) is 0 Å². The number of phenolic OH excluding ortho intramolecular Hbond substituents is 2. The molecule has 0 saturated carbocycles. The molecule has 29 heavy (non-hydrogen) atoms. The second-order valence-electron chi connectivity index (χ2n) is 7.32. The number of rotatable bonds is 11. The molecule has 0 aliphatic heterocycles. The van der Waals surface area contributed by atoms with Crippen molar-refractivity contribution in [2.24, 2.45) is 0 Å². The van der Waals surface area contributed by atoms with Gasteiger partial charge in [-0.3, -0.25) is 0 Å². The number of esters is 1. The average Bonchev–Trinajstić information content (AvgIpc) is 2.67. The number of phenols is 2. The van der Waals surface area contributed by atoms with Crippen LogP contribution in [0.5, 0.6) is 23.0 Å². The topological polar surface area (TPSA) is 76.0 Å². The van der Waals surface area contributed by atoms with Gasteiger partial charge in [-0.2, -0.15) is 0 Å². The Labute approximate surface area is 173 Å². The number of hydrogen-bond donors (Lipinski definition) is 2. The SMILES string of the molecule is CCCCCc1cc(O)cc(OC(=O)c2c(O)cc(OC)cc2CCCCC)c1. The van der Waals surface area contributed by atoms with Gasteiger partial charge in [-0.1, -0.05) is 39.5 Å². The fraction of sp³-hybridized carbons (Fsp3) is 0.458. The number of aromatic hydroxyl groups is 2. The standard InChI is InChI=1S/C24H32O5/c1-4-6-8-10-17-12-19(25)15-21(13-17)29-24(27)23-18(11-9-7-5-2)14-20(28-3)16-22(23)26/h12-16,25-26H,4-11H2,1-3H3. The van der Waals surface area contributed by atoms with Crippen molar-refractivity contribution in [1.29, 1.82) is 0 Å². The molecule has 2 rings (SSSR count). The monoisotopic (exact) mass is 400 g/mol. The van der Waals surface area contributed by atoms with Crippen LogP contribution in [0.15, 0.2) is 30.3 Å². The van der Waals surface area contributed by atoms with E-state index in [1.807, 2.05) is 0 Å². The summed E-state index contributed by atoms with van der Waals surface area (Å²) >= 11 is 0. The molecule has 0 radical (unpaired) electrons. The van der Waals surface area contributed by atoms with Gasteiger partial charge in [-0.15, -0.1) is 0 Å². The van der Waals surface area contributed by atoms with E-state index in [0.717, 1.165) is 50.5 Å². The molecule has 2 N–H and O–H groups in total. The van der Waals surface area contributed by atoms with Crippen LogP contribution < -0.4 is 9.47 Å². The van der Waals surface area contributed by atoms with Gasteiger partial charge in [-0.25, -0.2) is 4.79 Å². The Morgan fingerprint density at radius 3 is 2.21 bits per heavy atom. The number of hydrogen-bond acceptors (Lipinski definition) is 5. The molecule has 5 heteroatoms. The third-order valence-electron chi connectivity index (χ3n) is 4.89. The summed E-state index contributed by atoms with van der Waals surface area (Å²) in [6, 6.07) is 8.06. The molecule has 5 nitrogen and oxygen atoms in total. The Bertz CT molecular complexity index is 813. The molecule has 0 saturated heterocycles. The van der Waals surface area contributed by atoms with E-state index in [4.69, 9.17) is 9.47 Å². The lowest BCUT2D eigenvalue weighted by atomic mass is 10.00. The number of carbonyl (C=O) groups excluding carboxylic acids is 1. The molecule has 0 spiro atoms. The number of ether oxygens (including phenoxy) is 2. The van der Waals surface area contributed by atoms with Gasteiger partial charge in [0.15, 0.2) is 0 Å². The maximum Gasteiger partial charge on any atom is 0.347 e. The Hall–Kier alpha value is -2.69. The van der Waals surface area contributed by atoms with Crippen LogP contribution in [0, 0.1) is 0 Å². The molecule has 0 atom stereocenters. The van der Waals surface area contributed by atoms with E-state index < -0.39 is 5.97 Å². The number of methoxy groups -OCH3 is 1. The smallest absolute Gasteiger partial charge is 0.347 e. The zero-order chi connectivity index (χ0) is 21.2. The summed E-state index contributed by atoms with van der Waals surface area (Å²) in [5.74, 6) is 0.0344. The molecule has 0 aromatic heterocycles. The van der Waals surface area contributed by atoms with Gasteiger partial charge < -0.3 is 19.7 Å². The van der Waals surface area contributed by atoms with Crippen LogP contribution in [-0.4, -0.2) is 23.3 Å². The molecular weight excluding hydrogens is 368 g/mol. The van der Waals surface area contributed by atoms with Crippen LogP contribution in [0.25, 0.3) is 0 Å². The van der Waals surface area contributed by atoms with E-state index in [9.17, 15) is 15.0 Å². The molecule has 0 aliphatic carbocycles. The third-order valence-corrected chi connectivity index (χ3v) is 4.89. The van der Waals surface area contributed by atoms with E-state index in [2.05, 4.69) is 13.8 Å². The minimum Gasteiger partial charge on any atom is -0.508 e. The molecular formula is C24H32O5. The Morgan fingerprint density at radius 2 is 1.55 bits per heavy atom. The number of aryl methyl sites for hydroxylation is 2. The van der Waals surface area contributed by atoms with E-state index in [1.165, 1.54) is 19.2 Å². The molecule has 0 fully saturated rings. The van der Waals surface area contributed by atoms with Crippen LogP contribution >= 0.6 is 0 Å². The number of unbranched alkanes of at least 4 members (excludes halogenated alkanes) is 4. The van der Waals surface area contributed by atoms with Gasteiger partial charge in [0.25, 0.3) is 0 Å². The second kappa shape index (κ2) is 11.3. The Morgan fingerprint density at radius 1 is 0.862 bits per heavy atom. The predicted octanol–water partition coefficient (Wildman–Crippen LogP) is 5.79. The molecule has 0 amide bonds. The van der Waals surface area contributed by atoms with Crippen LogP contribution in [0.1, 0.15) is 73.9 Å².